The van der Waals surface area contributed by atoms with Gasteiger partial charge >= 0.3 is 5.63 Å². The molecule has 0 amide bonds. The first-order valence-corrected chi connectivity index (χ1v) is 9.48. The fourth-order valence-corrected chi connectivity index (χ4v) is 3.72. The van der Waals surface area contributed by atoms with Crippen molar-refractivity contribution < 1.29 is 4.42 Å². The van der Waals surface area contributed by atoms with Crippen molar-refractivity contribution in [1.29, 1.82) is 0 Å². The van der Waals surface area contributed by atoms with Crippen LogP contribution in [0.1, 0.15) is 38.5 Å². The Morgan fingerprint density at radius 1 is 1.12 bits per heavy atom. The Kier molecular flexibility index (Phi) is 4.61. The zero-order valence-corrected chi connectivity index (χ0v) is 14.6. The van der Waals surface area contributed by atoms with E-state index in [9.17, 15) is 4.79 Å². The molecule has 0 saturated heterocycles. The highest BCUT2D eigenvalue weighted by atomic mass is 32.1. The largest absolute Gasteiger partial charge is 0.422 e. The molecule has 0 spiro atoms. The maximum Gasteiger partial charge on any atom is 0.345 e. The third-order valence-corrected chi connectivity index (χ3v) is 5.16. The van der Waals surface area contributed by atoms with Gasteiger partial charge in [0, 0.05) is 16.5 Å². The van der Waals surface area contributed by atoms with Gasteiger partial charge in [-0.2, -0.15) is 5.10 Å². The number of rotatable bonds is 3. The van der Waals surface area contributed by atoms with E-state index < -0.39 is 0 Å². The van der Waals surface area contributed by atoms with Crippen LogP contribution in [-0.4, -0.2) is 10.7 Å². The summed E-state index contributed by atoms with van der Waals surface area (Å²) in [6, 6.07) is 9.31. The van der Waals surface area contributed by atoms with Crippen molar-refractivity contribution in [3.8, 4) is 11.3 Å². The van der Waals surface area contributed by atoms with E-state index in [-0.39, 0.29) is 5.63 Å². The lowest BCUT2D eigenvalue weighted by atomic mass is 10.1. The molecule has 1 aliphatic carbocycles. The van der Waals surface area contributed by atoms with Crippen molar-refractivity contribution in [3.63, 3.8) is 0 Å². The molecule has 4 rings (SSSR count). The second-order valence-electron chi connectivity index (χ2n) is 6.23. The van der Waals surface area contributed by atoms with Crippen LogP contribution >= 0.6 is 11.3 Å². The Morgan fingerprint density at radius 3 is 2.76 bits per heavy atom. The molecule has 1 saturated carbocycles. The van der Waals surface area contributed by atoms with Gasteiger partial charge < -0.3 is 4.42 Å². The minimum Gasteiger partial charge on any atom is -0.422 e. The molecule has 0 unspecified atom stereocenters. The summed E-state index contributed by atoms with van der Waals surface area (Å²) >= 11 is 1.44. The lowest BCUT2D eigenvalue weighted by molar-refractivity contribution is 0.563. The number of aromatic nitrogens is 1. The van der Waals surface area contributed by atoms with Gasteiger partial charge in [0.25, 0.3) is 0 Å². The molecule has 3 aromatic rings. The van der Waals surface area contributed by atoms with E-state index >= 15 is 0 Å². The van der Waals surface area contributed by atoms with E-state index in [0.29, 0.717) is 22.0 Å². The van der Waals surface area contributed by atoms with Crippen LogP contribution in [0, 0.1) is 0 Å². The molecule has 6 heteroatoms. The Morgan fingerprint density at radius 2 is 1.92 bits per heavy atom. The van der Waals surface area contributed by atoms with E-state index in [1.807, 2.05) is 29.6 Å². The average molecular weight is 353 g/mol. The predicted molar refractivity (Wildman–Crippen MR) is 102 cm³/mol. The second kappa shape index (κ2) is 7.19. The first-order valence-electron chi connectivity index (χ1n) is 8.60. The minimum atomic E-state index is -0.370. The lowest BCUT2D eigenvalue weighted by Crippen LogP contribution is -2.03. The minimum absolute atomic E-state index is 0.370. The number of nitrogens with zero attached hydrogens (tertiary/aromatic N) is 2. The SMILES string of the molecule is O=c1oc2ccccc2cc1-c1csc(NN=C2CCCCCC2)n1. The standard InChI is InChI=1S/C19H19N3O2S/c23-18-15(11-13-7-5-6-10-17(13)24-18)16-12-25-19(20-16)22-21-14-8-3-1-2-4-9-14/h5-7,10-12H,1-4,8-9H2,(H,20,22). The maximum absolute atomic E-state index is 12.2. The molecule has 0 atom stereocenters. The number of hydrazone groups is 1. The van der Waals surface area contributed by atoms with Crippen LogP contribution in [0.25, 0.3) is 22.2 Å². The van der Waals surface area contributed by atoms with Gasteiger partial charge in [-0.15, -0.1) is 11.3 Å². The van der Waals surface area contributed by atoms with Crippen LogP contribution < -0.4 is 11.1 Å². The Bertz CT molecular complexity index is 964. The molecule has 5 nitrogen and oxygen atoms in total. The van der Waals surface area contributed by atoms with E-state index in [4.69, 9.17) is 4.42 Å². The molecule has 1 aliphatic rings. The summed E-state index contributed by atoms with van der Waals surface area (Å²) in [7, 11) is 0. The molecule has 0 bridgehead atoms. The Hall–Kier alpha value is -2.47. The van der Waals surface area contributed by atoms with Crippen molar-refractivity contribution in [2.45, 2.75) is 38.5 Å². The summed E-state index contributed by atoms with van der Waals surface area (Å²) in [6.07, 6.45) is 7.11. The number of fused-ring (bicyclic) bond motifs is 1. The van der Waals surface area contributed by atoms with E-state index in [0.717, 1.165) is 18.2 Å². The second-order valence-corrected chi connectivity index (χ2v) is 7.09. The van der Waals surface area contributed by atoms with Crippen LogP contribution in [0.15, 0.2) is 50.0 Å². The molecule has 2 heterocycles. The quantitative estimate of drug-likeness (QED) is 0.407. The molecular formula is C19H19N3O2S. The van der Waals surface area contributed by atoms with E-state index in [1.54, 1.807) is 6.07 Å². The first-order chi connectivity index (χ1) is 12.3. The highest BCUT2D eigenvalue weighted by molar-refractivity contribution is 7.14. The van der Waals surface area contributed by atoms with Crippen molar-refractivity contribution in [2.75, 3.05) is 5.43 Å². The van der Waals surface area contributed by atoms with Crippen LogP contribution in [0.5, 0.6) is 0 Å². The number of anilines is 1. The normalized spacial score (nSPS) is 15.1. The Balaban J connectivity index is 1.58. The van der Waals surface area contributed by atoms with Gasteiger partial charge in [0.05, 0.1) is 11.3 Å². The first kappa shape index (κ1) is 16.0. The zero-order chi connectivity index (χ0) is 17.1. The van der Waals surface area contributed by atoms with E-state index in [2.05, 4.69) is 15.5 Å². The lowest BCUT2D eigenvalue weighted by Gasteiger charge is -2.01. The predicted octanol–water partition coefficient (Wildman–Crippen LogP) is 5.04. The highest BCUT2D eigenvalue weighted by Gasteiger charge is 2.12. The van der Waals surface area contributed by atoms with Crippen molar-refractivity contribution >= 4 is 33.1 Å². The van der Waals surface area contributed by atoms with Crippen LogP contribution in [0.2, 0.25) is 0 Å². The van der Waals surface area contributed by atoms with E-state index in [1.165, 1.54) is 42.7 Å². The molecule has 1 aromatic carbocycles. The molecule has 1 fully saturated rings. The third kappa shape index (κ3) is 3.64. The summed E-state index contributed by atoms with van der Waals surface area (Å²) in [5.74, 6) is 0. The van der Waals surface area contributed by atoms with Gasteiger partial charge in [0.1, 0.15) is 5.58 Å². The highest BCUT2D eigenvalue weighted by Crippen LogP contribution is 2.25. The summed E-state index contributed by atoms with van der Waals surface area (Å²) in [6.45, 7) is 0. The van der Waals surface area contributed by atoms with Gasteiger partial charge in [-0.25, -0.2) is 9.78 Å². The molecule has 2 aromatic heterocycles. The topological polar surface area (TPSA) is 67.5 Å². The summed E-state index contributed by atoms with van der Waals surface area (Å²) in [5.41, 5.74) is 5.57. The summed E-state index contributed by atoms with van der Waals surface area (Å²) < 4.78 is 5.39. The molecule has 1 N–H and O–H groups in total. The number of nitrogens with one attached hydrogen (secondary N) is 1. The monoisotopic (exact) mass is 353 g/mol. The van der Waals surface area contributed by atoms with Gasteiger partial charge in [-0.1, -0.05) is 31.0 Å². The smallest absolute Gasteiger partial charge is 0.345 e. The zero-order valence-electron chi connectivity index (χ0n) is 13.8. The molecule has 0 aliphatic heterocycles. The van der Waals surface area contributed by atoms with Crippen LogP contribution in [-0.2, 0) is 0 Å². The summed E-state index contributed by atoms with van der Waals surface area (Å²) in [5, 5.41) is 7.94. The van der Waals surface area contributed by atoms with Gasteiger partial charge in [-0.3, -0.25) is 5.43 Å². The summed E-state index contributed by atoms with van der Waals surface area (Å²) in [4.78, 5) is 16.7. The number of para-hydroxylation sites is 1. The third-order valence-electron chi connectivity index (χ3n) is 4.41. The fourth-order valence-electron chi connectivity index (χ4n) is 3.06. The van der Waals surface area contributed by atoms with Crippen molar-refractivity contribution in [1.82, 2.24) is 4.98 Å². The maximum atomic E-state index is 12.2. The molecular weight excluding hydrogens is 334 g/mol. The van der Waals surface area contributed by atoms with Crippen molar-refractivity contribution in [2.24, 2.45) is 5.10 Å². The molecule has 25 heavy (non-hydrogen) atoms. The molecule has 0 radical (unpaired) electrons. The van der Waals surface area contributed by atoms with Crippen LogP contribution in [0.4, 0.5) is 5.13 Å². The fraction of sp³-hybridized carbons (Fsp3) is 0.316. The number of thiazole rings is 1. The average Bonchev–Trinajstić information content (AvgIpc) is 2.94. The van der Waals surface area contributed by atoms with Gasteiger partial charge in [0.2, 0.25) is 5.13 Å². The van der Waals surface area contributed by atoms with Crippen molar-refractivity contribution in [3.05, 3.63) is 46.1 Å². The molecule has 128 valence electrons. The number of hydrogen-bond donors (Lipinski definition) is 1. The van der Waals surface area contributed by atoms with Gasteiger partial charge in [0.15, 0.2) is 0 Å². The van der Waals surface area contributed by atoms with Crippen LogP contribution in [0.3, 0.4) is 0 Å². The number of hydrogen-bond acceptors (Lipinski definition) is 6. The number of benzene rings is 1. The van der Waals surface area contributed by atoms with Gasteiger partial charge in [-0.05, 0) is 37.8 Å². The Labute approximate surface area is 149 Å².